The molecule has 0 aliphatic heterocycles. The van der Waals surface area contributed by atoms with Crippen LogP contribution >= 0.6 is 47.0 Å². The molecule has 164 valence electrons. The zero-order chi connectivity index (χ0) is 22.7. The monoisotopic (exact) mass is 504 g/mol. The van der Waals surface area contributed by atoms with E-state index in [1.54, 1.807) is 6.20 Å². The van der Waals surface area contributed by atoms with Gasteiger partial charge in [-0.25, -0.2) is 0 Å². The van der Waals surface area contributed by atoms with Crippen LogP contribution < -0.4 is 10.6 Å². The lowest BCUT2D eigenvalue weighted by atomic mass is 10.2. The summed E-state index contributed by atoms with van der Waals surface area (Å²) in [5.74, 6) is 0.620. The lowest BCUT2D eigenvalue weighted by molar-refractivity contribution is 0.668. The van der Waals surface area contributed by atoms with Crippen LogP contribution in [0.2, 0.25) is 15.1 Å². The molecule has 4 aromatic rings. The van der Waals surface area contributed by atoms with E-state index in [4.69, 9.17) is 47.0 Å². The summed E-state index contributed by atoms with van der Waals surface area (Å²) in [6, 6.07) is 15.0. The first-order valence-electron chi connectivity index (χ1n) is 9.69. The second-order valence-electron chi connectivity index (χ2n) is 7.16. The van der Waals surface area contributed by atoms with Crippen molar-refractivity contribution in [1.82, 2.24) is 19.6 Å². The molecule has 0 bridgehead atoms. The second-order valence-corrected chi connectivity index (χ2v) is 8.82. The molecule has 2 aromatic heterocycles. The summed E-state index contributed by atoms with van der Waals surface area (Å²) in [6.45, 7) is 3.03. The van der Waals surface area contributed by atoms with Gasteiger partial charge in [-0.2, -0.15) is 10.2 Å². The van der Waals surface area contributed by atoms with Gasteiger partial charge in [0.15, 0.2) is 10.9 Å². The number of hydrogen-bond acceptors (Lipinski definition) is 3. The number of rotatable bonds is 6. The maximum absolute atomic E-state index is 6.29. The maximum atomic E-state index is 6.29. The topological polar surface area (TPSA) is 59.7 Å². The molecule has 4 rings (SSSR count). The zero-order valence-corrected chi connectivity index (χ0v) is 20.1. The Morgan fingerprint density at radius 3 is 2.50 bits per heavy atom. The molecular weight excluding hydrogens is 487 g/mol. The number of thiocarbonyl (C=S) groups is 1. The van der Waals surface area contributed by atoms with Crippen LogP contribution in [0.5, 0.6) is 0 Å². The number of nitrogens with zero attached hydrogens (tertiary/aromatic N) is 4. The Labute approximate surface area is 206 Å². The Bertz CT molecular complexity index is 1250. The van der Waals surface area contributed by atoms with Crippen molar-refractivity contribution >= 4 is 63.6 Å². The molecule has 2 aromatic carbocycles. The maximum Gasteiger partial charge on any atom is 0.176 e. The number of benzene rings is 2. The van der Waals surface area contributed by atoms with E-state index >= 15 is 0 Å². The van der Waals surface area contributed by atoms with Gasteiger partial charge in [-0.3, -0.25) is 9.36 Å². The van der Waals surface area contributed by atoms with Crippen LogP contribution in [0.1, 0.15) is 16.8 Å². The standard InChI is InChI=1S/C22H19Cl3N6S/c1-14-8-21(29-31(14)13-18-19(24)6-3-7-20(18)25)28-22(32)27-17-10-26-30(12-17)11-15-4-2-5-16(23)9-15/h2-10,12H,11,13H2,1H3,(H2,27,28,29,32). The minimum Gasteiger partial charge on any atom is -0.330 e. The molecule has 0 aliphatic carbocycles. The van der Waals surface area contributed by atoms with Crippen molar-refractivity contribution in [3.05, 3.63) is 92.8 Å². The normalized spacial score (nSPS) is 10.9. The molecule has 32 heavy (non-hydrogen) atoms. The Morgan fingerprint density at radius 1 is 1.00 bits per heavy atom. The third kappa shape index (κ3) is 5.61. The molecule has 0 saturated carbocycles. The largest absolute Gasteiger partial charge is 0.330 e. The summed E-state index contributed by atoms with van der Waals surface area (Å²) in [5.41, 5.74) is 3.60. The van der Waals surface area contributed by atoms with E-state index in [-0.39, 0.29) is 0 Å². The highest BCUT2D eigenvalue weighted by Gasteiger charge is 2.11. The fourth-order valence-corrected chi connectivity index (χ4v) is 4.13. The fraction of sp³-hybridized carbons (Fsp3) is 0.136. The van der Waals surface area contributed by atoms with E-state index in [2.05, 4.69) is 20.8 Å². The minimum absolute atomic E-state index is 0.410. The van der Waals surface area contributed by atoms with Crippen LogP contribution in [-0.2, 0) is 13.1 Å². The highest BCUT2D eigenvalue weighted by Crippen LogP contribution is 2.26. The number of nitrogens with one attached hydrogen (secondary N) is 2. The number of aryl methyl sites for hydroxylation is 1. The van der Waals surface area contributed by atoms with E-state index in [1.165, 1.54) is 0 Å². The quantitative estimate of drug-likeness (QED) is 0.303. The number of halogens is 3. The number of aromatic nitrogens is 4. The first kappa shape index (κ1) is 22.6. The molecule has 10 heteroatoms. The molecule has 0 unspecified atom stereocenters. The van der Waals surface area contributed by atoms with Gasteiger partial charge in [-0.15, -0.1) is 0 Å². The van der Waals surface area contributed by atoms with Crippen LogP contribution in [-0.4, -0.2) is 24.7 Å². The summed E-state index contributed by atoms with van der Waals surface area (Å²) in [7, 11) is 0. The molecule has 0 amide bonds. The molecule has 2 N–H and O–H groups in total. The van der Waals surface area contributed by atoms with E-state index in [0.29, 0.717) is 39.1 Å². The van der Waals surface area contributed by atoms with Crippen molar-refractivity contribution in [3.63, 3.8) is 0 Å². The van der Waals surface area contributed by atoms with Gasteiger partial charge in [0.05, 0.1) is 25.0 Å². The summed E-state index contributed by atoms with van der Waals surface area (Å²) in [6.07, 6.45) is 3.58. The molecule has 0 radical (unpaired) electrons. The van der Waals surface area contributed by atoms with Crippen molar-refractivity contribution in [2.75, 3.05) is 10.6 Å². The van der Waals surface area contributed by atoms with Crippen molar-refractivity contribution in [1.29, 1.82) is 0 Å². The van der Waals surface area contributed by atoms with E-state index in [0.717, 1.165) is 22.5 Å². The average molecular weight is 506 g/mol. The lowest BCUT2D eigenvalue weighted by Crippen LogP contribution is -2.19. The highest BCUT2D eigenvalue weighted by molar-refractivity contribution is 7.80. The minimum atomic E-state index is 0.410. The Morgan fingerprint density at radius 2 is 1.75 bits per heavy atom. The summed E-state index contributed by atoms with van der Waals surface area (Å²) in [4.78, 5) is 0. The van der Waals surface area contributed by atoms with Gasteiger partial charge in [0.25, 0.3) is 0 Å². The third-order valence-electron chi connectivity index (χ3n) is 4.72. The van der Waals surface area contributed by atoms with Crippen LogP contribution in [0, 0.1) is 6.92 Å². The van der Waals surface area contributed by atoms with E-state index < -0.39 is 0 Å². The highest BCUT2D eigenvalue weighted by atomic mass is 35.5. The molecule has 2 heterocycles. The Hall–Kier alpha value is -2.58. The summed E-state index contributed by atoms with van der Waals surface area (Å²) >= 11 is 24.1. The first-order valence-corrected chi connectivity index (χ1v) is 11.2. The summed E-state index contributed by atoms with van der Waals surface area (Å²) < 4.78 is 3.63. The van der Waals surface area contributed by atoms with Crippen molar-refractivity contribution < 1.29 is 0 Å². The predicted octanol–water partition coefficient (Wildman–Crippen LogP) is 6.25. The van der Waals surface area contributed by atoms with Crippen LogP contribution in [0.25, 0.3) is 0 Å². The number of hydrogen-bond donors (Lipinski definition) is 2. The smallest absolute Gasteiger partial charge is 0.176 e. The Kier molecular flexibility index (Phi) is 7.01. The zero-order valence-electron chi connectivity index (χ0n) is 17.0. The first-order chi connectivity index (χ1) is 15.4. The van der Waals surface area contributed by atoms with Crippen molar-refractivity contribution in [2.45, 2.75) is 20.0 Å². The van der Waals surface area contributed by atoms with Crippen molar-refractivity contribution in [3.8, 4) is 0 Å². The summed E-state index contributed by atoms with van der Waals surface area (Å²) in [5, 5.41) is 17.5. The predicted molar refractivity (Wildman–Crippen MR) is 135 cm³/mol. The fourth-order valence-electron chi connectivity index (χ4n) is 3.18. The van der Waals surface area contributed by atoms with Gasteiger partial charge >= 0.3 is 0 Å². The van der Waals surface area contributed by atoms with Crippen LogP contribution in [0.15, 0.2) is 60.9 Å². The van der Waals surface area contributed by atoms with Crippen LogP contribution in [0.4, 0.5) is 11.5 Å². The number of anilines is 2. The van der Waals surface area contributed by atoms with Gasteiger partial charge < -0.3 is 10.6 Å². The molecule has 0 fully saturated rings. The molecule has 6 nitrogen and oxygen atoms in total. The lowest BCUT2D eigenvalue weighted by Gasteiger charge is -2.09. The van der Waals surface area contributed by atoms with Gasteiger partial charge in [-0.05, 0) is 49.0 Å². The van der Waals surface area contributed by atoms with Gasteiger partial charge in [0.2, 0.25) is 0 Å². The van der Waals surface area contributed by atoms with Gasteiger partial charge in [0, 0.05) is 38.6 Å². The Balaban J connectivity index is 1.38. The molecule has 0 spiro atoms. The SMILES string of the molecule is Cc1cc(NC(=S)Nc2cnn(Cc3cccc(Cl)c3)c2)nn1Cc1c(Cl)cccc1Cl. The van der Waals surface area contributed by atoms with Gasteiger partial charge in [-0.1, -0.05) is 53.0 Å². The van der Waals surface area contributed by atoms with E-state index in [1.807, 2.05) is 71.0 Å². The molecule has 0 aliphatic rings. The third-order valence-corrected chi connectivity index (χ3v) is 5.86. The molecule has 0 atom stereocenters. The van der Waals surface area contributed by atoms with E-state index in [9.17, 15) is 0 Å². The molecule has 0 saturated heterocycles. The van der Waals surface area contributed by atoms with Crippen LogP contribution in [0.3, 0.4) is 0 Å². The molecular formula is C22H19Cl3N6S. The van der Waals surface area contributed by atoms with Gasteiger partial charge in [0.1, 0.15) is 0 Å². The second kappa shape index (κ2) is 9.92. The average Bonchev–Trinajstić information content (AvgIpc) is 3.30. The van der Waals surface area contributed by atoms with Crippen molar-refractivity contribution in [2.24, 2.45) is 0 Å².